The zero-order valence-corrected chi connectivity index (χ0v) is 10.1. The first kappa shape index (κ1) is 14.7. The van der Waals surface area contributed by atoms with E-state index in [0.29, 0.717) is 0 Å². The van der Waals surface area contributed by atoms with E-state index < -0.39 is 0 Å². The van der Waals surface area contributed by atoms with Crippen LogP contribution < -0.4 is 9.47 Å². The van der Waals surface area contributed by atoms with Gasteiger partial charge in [-0.25, -0.2) is 0 Å². The van der Waals surface area contributed by atoms with Crippen LogP contribution in [0.3, 0.4) is 0 Å². The Hall–Kier alpha value is -1.26. The molecule has 1 aromatic rings. The number of hydrogen-bond acceptors (Lipinski definition) is 3. The third kappa shape index (κ3) is 2.65. The maximum Gasteiger partial charge on any atom is 0.161 e. The first-order valence-electron chi connectivity index (χ1n) is 4.60. The van der Waals surface area contributed by atoms with Crippen molar-refractivity contribution < 1.29 is 14.9 Å². The molecule has 0 aliphatic carbocycles. The summed E-state index contributed by atoms with van der Waals surface area (Å²) in [5.74, 6) is 1.56. The average Bonchev–Trinajstić information content (AvgIpc) is 2.27. The second-order valence-corrected chi connectivity index (χ2v) is 3.19. The summed E-state index contributed by atoms with van der Waals surface area (Å²) < 4.78 is 10.4. The number of rotatable bonds is 2. The second kappa shape index (κ2) is 6.35. The molecule has 90 valence electrons. The summed E-state index contributed by atoms with van der Waals surface area (Å²) >= 11 is 0. The van der Waals surface area contributed by atoms with Crippen LogP contribution in [0.25, 0.3) is 0 Å². The fourth-order valence-corrected chi connectivity index (χ4v) is 1.62. The van der Waals surface area contributed by atoms with E-state index in [1.165, 1.54) is 5.56 Å². The van der Waals surface area contributed by atoms with Crippen molar-refractivity contribution in [1.82, 2.24) is 0 Å². The Bertz CT molecular complexity index is 380. The Labute approximate surface area is 101 Å². The fourth-order valence-electron chi connectivity index (χ4n) is 1.62. The number of hydrogen-bond donors (Lipinski definition) is 0. The number of benzene rings is 1. The number of halogens is 1. The van der Waals surface area contributed by atoms with E-state index in [1.807, 2.05) is 18.3 Å². The minimum absolute atomic E-state index is 0. The topological polar surface area (TPSA) is 62.3 Å². The van der Waals surface area contributed by atoms with Gasteiger partial charge in [0, 0.05) is 12.8 Å². The highest BCUT2D eigenvalue weighted by Gasteiger charge is 2.11. The van der Waals surface area contributed by atoms with Gasteiger partial charge in [-0.2, -0.15) is 0 Å². The van der Waals surface area contributed by atoms with E-state index in [-0.39, 0.29) is 17.9 Å². The van der Waals surface area contributed by atoms with E-state index in [0.717, 1.165) is 30.0 Å². The molecule has 1 aromatic carbocycles. The van der Waals surface area contributed by atoms with Crippen LogP contribution in [-0.2, 0) is 6.42 Å². The first-order valence-corrected chi connectivity index (χ1v) is 4.60. The standard InChI is InChI=1S/C11H13NO2.ClH.H2O/c1-13-10-5-8-3-4-12-7-9(8)6-11(10)14-2;;/h5-7H,3-4H2,1-2H3;1H;1H2. The summed E-state index contributed by atoms with van der Waals surface area (Å²) in [6.07, 6.45) is 2.87. The van der Waals surface area contributed by atoms with E-state index in [1.54, 1.807) is 14.2 Å². The third-order valence-electron chi connectivity index (χ3n) is 2.39. The smallest absolute Gasteiger partial charge is 0.161 e. The molecule has 5 heteroatoms. The van der Waals surface area contributed by atoms with E-state index in [9.17, 15) is 0 Å². The van der Waals surface area contributed by atoms with Crippen molar-refractivity contribution in [2.24, 2.45) is 4.99 Å². The molecule has 0 saturated heterocycles. The van der Waals surface area contributed by atoms with Crippen LogP contribution >= 0.6 is 12.4 Å². The molecule has 1 aliphatic heterocycles. The molecule has 16 heavy (non-hydrogen) atoms. The number of aliphatic imine (C=N–C) groups is 1. The van der Waals surface area contributed by atoms with Gasteiger partial charge in [-0.05, 0) is 29.7 Å². The van der Waals surface area contributed by atoms with Gasteiger partial charge in [-0.15, -0.1) is 12.4 Å². The average molecular weight is 246 g/mol. The number of fused-ring (bicyclic) bond motifs is 1. The highest BCUT2D eigenvalue weighted by molar-refractivity contribution is 5.85. The van der Waals surface area contributed by atoms with Crippen molar-refractivity contribution in [3.63, 3.8) is 0 Å². The molecule has 1 heterocycles. The highest BCUT2D eigenvalue weighted by atomic mass is 35.5. The van der Waals surface area contributed by atoms with Gasteiger partial charge in [0.1, 0.15) is 0 Å². The van der Waals surface area contributed by atoms with Crippen molar-refractivity contribution in [2.45, 2.75) is 6.42 Å². The molecule has 2 rings (SSSR count). The molecule has 0 atom stereocenters. The summed E-state index contributed by atoms with van der Waals surface area (Å²) in [6, 6.07) is 4.00. The summed E-state index contributed by atoms with van der Waals surface area (Å²) in [5.41, 5.74) is 2.41. The molecule has 0 bridgehead atoms. The Morgan fingerprint density at radius 3 is 2.38 bits per heavy atom. The predicted molar refractivity (Wildman–Crippen MR) is 66.6 cm³/mol. The molecule has 0 spiro atoms. The van der Waals surface area contributed by atoms with E-state index in [4.69, 9.17) is 9.47 Å². The third-order valence-corrected chi connectivity index (χ3v) is 2.39. The molecular formula is C11H16ClNO3. The van der Waals surface area contributed by atoms with Crippen molar-refractivity contribution >= 4 is 18.6 Å². The molecule has 0 unspecified atom stereocenters. The maximum atomic E-state index is 5.23. The predicted octanol–water partition coefficient (Wildman–Crippen LogP) is 1.28. The van der Waals surface area contributed by atoms with Crippen molar-refractivity contribution in [3.05, 3.63) is 23.3 Å². The normalized spacial score (nSPS) is 11.9. The summed E-state index contributed by atoms with van der Waals surface area (Å²) in [4.78, 5) is 4.23. The monoisotopic (exact) mass is 245 g/mol. The van der Waals surface area contributed by atoms with E-state index >= 15 is 0 Å². The van der Waals surface area contributed by atoms with Crippen LogP contribution in [0.2, 0.25) is 0 Å². The highest BCUT2D eigenvalue weighted by Crippen LogP contribution is 2.30. The van der Waals surface area contributed by atoms with Gasteiger partial charge in [0.2, 0.25) is 0 Å². The molecule has 0 aromatic heterocycles. The minimum atomic E-state index is 0. The second-order valence-electron chi connectivity index (χ2n) is 3.19. The van der Waals surface area contributed by atoms with Crippen LogP contribution in [0, 0.1) is 0 Å². The van der Waals surface area contributed by atoms with Crippen LogP contribution in [0.1, 0.15) is 11.1 Å². The lowest BCUT2D eigenvalue weighted by molar-refractivity contribution is 0.354. The fraction of sp³-hybridized carbons (Fsp3) is 0.364. The zero-order valence-electron chi connectivity index (χ0n) is 9.32. The van der Waals surface area contributed by atoms with Gasteiger partial charge in [0.15, 0.2) is 11.5 Å². The van der Waals surface area contributed by atoms with Gasteiger partial charge in [0.05, 0.1) is 14.2 Å². The Morgan fingerprint density at radius 1 is 1.12 bits per heavy atom. The molecule has 2 N–H and O–H groups in total. The van der Waals surface area contributed by atoms with Crippen LogP contribution in [0.15, 0.2) is 17.1 Å². The largest absolute Gasteiger partial charge is 0.493 e. The lowest BCUT2D eigenvalue weighted by Gasteiger charge is -2.14. The van der Waals surface area contributed by atoms with Crippen LogP contribution in [0.4, 0.5) is 0 Å². The van der Waals surface area contributed by atoms with Gasteiger partial charge in [-0.1, -0.05) is 0 Å². The molecular weight excluding hydrogens is 230 g/mol. The Kier molecular flexibility index (Phi) is 5.85. The van der Waals surface area contributed by atoms with Gasteiger partial charge in [-0.3, -0.25) is 4.99 Å². The van der Waals surface area contributed by atoms with E-state index in [2.05, 4.69) is 4.99 Å². The minimum Gasteiger partial charge on any atom is -0.493 e. The van der Waals surface area contributed by atoms with Gasteiger partial charge >= 0.3 is 0 Å². The number of ether oxygens (including phenoxy) is 2. The lowest BCUT2D eigenvalue weighted by Crippen LogP contribution is -2.04. The number of methoxy groups -OCH3 is 2. The summed E-state index contributed by atoms with van der Waals surface area (Å²) in [7, 11) is 3.30. The van der Waals surface area contributed by atoms with Crippen molar-refractivity contribution in [3.8, 4) is 11.5 Å². The lowest BCUT2D eigenvalue weighted by atomic mass is 10.0. The summed E-state index contributed by atoms with van der Waals surface area (Å²) in [5, 5.41) is 0. The Balaban J connectivity index is 0.00000112. The van der Waals surface area contributed by atoms with Crippen LogP contribution in [-0.4, -0.2) is 32.5 Å². The zero-order chi connectivity index (χ0) is 9.97. The van der Waals surface area contributed by atoms with Gasteiger partial charge in [0.25, 0.3) is 0 Å². The molecule has 4 nitrogen and oxygen atoms in total. The molecule has 0 saturated carbocycles. The van der Waals surface area contributed by atoms with Gasteiger partial charge < -0.3 is 14.9 Å². The SMILES string of the molecule is COc1cc2c(cc1OC)CCN=C2.Cl.O. The molecule has 1 aliphatic rings. The van der Waals surface area contributed by atoms with Crippen molar-refractivity contribution in [2.75, 3.05) is 20.8 Å². The summed E-state index contributed by atoms with van der Waals surface area (Å²) in [6.45, 7) is 0.864. The number of nitrogens with zero attached hydrogens (tertiary/aromatic N) is 1. The quantitative estimate of drug-likeness (QED) is 0.788. The molecule has 0 fully saturated rings. The van der Waals surface area contributed by atoms with Crippen LogP contribution in [0.5, 0.6) is 11.5 Å². The Morgan fingerprint density at radius 2 is 1.75 bits per heavy atom. The van der Waals surface area contributed by atoms with Crippen molar-refractivity contribution in [1.29, 1.82) is 0 Å². The first-order chi connectivity index (χ1) is 6.85. The molecule has 0 amide bonds. The maximum absolute atomic E-state index is 5.23. The molecule has 0 radical (unpaired) electrons.